The van der Waals surface area contributed by atoms with Crippen LogP contribution in [0.4, 0.5) is 0 Å². The number of nitrogens with zero attached hydrogens (tertiary/aromatic N) is 5. The molecule has 4 heterocycles. The van der Waals surface area contributed by atoms with Gasteiger partial charge in [0.05, 0.1) is 34.5 Å². The summed E-state index contributed by atoms with van der Waals surface area (Å²) >= 11 is 6.88. The number of aromatic nitrogens is 3. The minimum atomic E-state index is -0.204. The Bertz CT molecular complexity index is 2270. The van der Waals surface area contributed by atoms with Gasteiger partial charge in [-0.15, -0.1) is 0 Å². The smallest absolute Gasteiger partial charge is 0.142 e. The lowest BCUT2D eigenvalue weighted by Gasteiger charge is -2.19. The predicted octanol–water partition coefficient (Wildman–Crippen LogP) is 7.82. The Labute approximate surface area is 326 Å². The van der Waals surface area contributed by atoms with E-state index in [4.69, 9.17) is 25.8 Å². The average molecular weight is 757 g/mol. The predicted molar refractivity (Wildman–Crippen MR) is 213 cm³/mol. The molecule has 0 unspecified atom stereocenters. The number of ether oxygens (including phenoxy) is 3. The Balaban J connectivity index is 1.05. The highest BCUT2D eigenvalue weighted by Gasteiger charge is 2.20. The zero-order valence-electron chi connectivity index (χ0n) is 31.2. The van der Waals surface area contributed by atoms with Crippen molar-refractivity contribution < 1.29 is 19.3 Å². The van der Waals surface area contributed by atoms with Crippen molar-refractivity contribution in [1.29, 1.82) is 5.26 Å². The highest BCUT2D eigenvalue weighted by molar-refractivity contribution is 6.32. The Morgan fingerprint density at radius 1 is 0.873 bits per heavy atom. The van der Waals surface area contributed by atoms with Crippen molar-refractivity contribution in [2.24, 2.45) is 0 Å². The molecule has 0 bridgehead atoms. The summed E-state index contributed by atoms with van der Waals surface area (Å²) in [6, 6.07) is 28.1. The number of hydrogen-bond acceptors (Lipinski definition) is 9. The van der Waals surface area contributed by atoms with Gasteiger partial charge in [0.1, 0.15) is 36.5 Å². The van der Waals surface area contributed by atoms with Crippen LogP contribution in [0.5, 0.6) is 17.2 Å². The molecule has 1 saturated heterocycles. The molecular formula is C44H45ClN6O4. The van der Waals surface area contributed by atoms with Crippen molar-refractivity contribution in [3.8, 4) is 34.4 Å². The van der Waals surface area contributed by atoms with Crippen LogP contribution >= 0.6 is 11.6 Å². The monoisotopic (exact) mass is 756 g/mol. The highest BCUT2D eigenvalue weighted by atomic mass is 35.5. The van der Waals surface area contributed by atoms with Gasteiger partial charge in [0, 0.05) is 68.5 Å². The molecule has 3 aromatic heterocycles. The standard InChI is InChI=1S/C44H45ClN6O4/c1-30-34(8-5-10-39(30)40-11-6-12-42(31(40)2)53-17-7-14-50-16-13-38(52)27-50)29-55-44-21-43(54-28-33-18-32(22-46)23-47-24-33)35(19-41(44)45)25-48-26-36-20-37-9-3-4-15-51(37)49-36/h3-6,8-12,15,18-21,23-24,38,48,52H,7,13-14,16-17,25-29H2,1-2H3/t38-/m1/s1. The van der Waals surface area contributed by atoms with E-state index in [1.54, 1.807) is 12.3 Å². The molecule has 3 aromatic carbocycles. The number of fused-ring (bicyclic) bond motifs is 1. The maximum absolute atomic E-state index is 9.81. The van der Waals surface area contributed by atoms with Gasteiger partial charge in [0.2, 0.25) is 0 Å². The number of nitriles is 1. The molecule has 0 aliphatic carbocycles. The molecule has 7 rings (SSSR count). The zero-order valence-corrected chi connectivity index (χ0v) is 31.9. The van der Waals surface area contributed by atoms with E-state index in [-0.39, 0.29) is 12.7 Å². The van der Waals surface area contributed by atoms with Crippen LogP contribution in [-0.4, -0.2) is 56.9 Å². The first-order valence-corrected chi connectivity index (χ1v) is 19.0. The van der Waals surface area contributed by atoms with E-state index < -0.39 is 0 Å². The number of nitrogens with one attached hydrogen (secondary N) is 1. The first kappa shape index (κ1) is 37.9. The molecular weight excluding hydrogens is 712 g/mol. The van der Waals surface area contributed by atoms with Crippen LogP contribution in [-0.2, 0) is 26.3 Å². The molecule has 0 amide bonds. The quantitative estimate of drug-likeness (QED) is 0.0954. The number of rotatable bonds is 16. The van der Waals surface area contributed by atoms with Gasteiger partial charge in [0.15, 0.2) is 0 Å². The van der Waals surface area contributed by atoms with E-state index in [1.807, 2.05) is 53.2 Å². The van der Waals surface area contributed by atoms with Crippen LogP contribution in [0.25, 0.3) is 16.6 Å². The van der Waals surface area contributed by atoms with Gasteiger partial charge in [-0.2, -0.15) is 10.4 Å². The van der Waals surface area contributed by atoms with Crippen LogP contribution in [0, 0.1) is 25.2 Å². The molecule has 0 saturated carbocycles. The zero-order chi connectivity index (χ0) is 38.1. The second kappa shape index (κ2) is 17.8. The average Bonchev–Trinajstić information content (AvgIpc) is 3.82. The minimum absolute atomic E-state index is 0.204. The SMILES string of the molecule is Cc1c(COc2cc(OCc3cncc(C#N)c3)c(CNCc3cc4ccccn4n3)cc2Cl)cccc1-c1cccc(OCCCN2CC[C@@H](O)C2)c1C. The molecule has 1 fully saturated rings. The number of β-amino-alcohol motifs (C(OH)–C–C–N with tert-alkyl or cyclic N) is 1. The molecule has 11 heteroatoms. The molecule has 55 heavy (non-hydrogen) atoms. The van der Waals surface area contributed by atoms with Gasteiger partial charge in [-0.1, -0.05) is 48.0 Å². The molecule has 0 spiro atoms. The number of benzene rings is 3. The summed E-state index contributed by atoms with van der Waals surface area (Å²) in [6.07, 6.45) is 6.70. The van der Waals surface area contributed by atoms with Crippen LogP contribution in [0.1, 0.15) is 51.9 Å². The topological polar surface area (TPSA) is 117 Å². The van der Waals surface area contributed by atoms with Gasteiger partial charge in [0.25, 0.3) is 0 Å². The largest absolute Gasteiger partial charge is 0.493 e. The van der Waals surface area contributed by atoms with E-state index in [2.05, 4.69) is 70.5 Å². The van der Waals surface area contributed by atoms with E-state index in [1.165, 1.54) is 6.20 Å². The van der Waals surface area contributed by atoms with Crippen LogP contribution in [0.3, 0.4) is 0 Å². The van der Waals surface area contributed by atoms with E-state index in [9.17, 15) is 10.4 Å². The van der Waals surface area contributed by atoms with Gasteiger partial charge < -0.3 is 29.5 Å². The lowest BCUT2D eigenvalue weighted by atomic mass is 9.93. The fourth-order valence-electron chi connectivity index (χ4n) is 6.99. The molecule has 1 aliphatic rings. The van der Waals surface area contributed by atoms with Crippen molar-refractivity contribution in [3.05, 3.63) is 142 Å². The fraction of sp³-hybridized carbons (Fsp3) is 0.295. The van der Waals surface area contributed by atoms with Gasteiger partial charge >= 0.3 is 0 Å². The molecule has 10 nitrogen and oxygen atoms in total. The summed E-state index contributed by atoms with van der Waals surface area (Å²) in [4.78, 5) is 6.47. The molecule has 2 N–H and O–H groups in total. The number of hydrogen-bond donors (Lipinski definition) is 2. The Morgan fingerprint density at radius 2 is 1.71 bits per heavy atom. The van der Waals surface area contributed by atoms with Crippen molar-refractivity contribution in [3.63, 3.8) is 0 Å². The fourth-order valence-corrected chi connectivity index (χ4v) is 7.23. The van der Waals surface area contributed by atoms with Crippen LogP contribution in [0.2, 0.25) is 5.02 Å². The Morgan fingerprint density at radius 3 is 2.53 bits per heavy atom. The maximum Gasteiger partial charge on any atom is 0.142 e. The lowest BCUT2D eigenvalue weighted by molar-refractivity contribution is 0.173. The summed E-state index contributed by atoms with van der Waals surface area (Å²) in [5.74, 6) is 1.99. The van der Waals surface area contributed by atoms with Crippen molar-refractivity contribution in [2.45, 2.75) is 59.1 Å². The van der Waals surface area contributed by atoms with Gasteiger partial charge in [-0.3, -0.25) is 4.98 Å². The van der Waals surface area contributed by atoms with E-state index in [0.717, 1.165) is 88.4 Å². The Hall–Kier alpha value is -5.44. The highest BCUT2D eigenvalue weighted by Crippen LogP contribution is 2.36. The van der Waals surface area contributed by atoms with Crippen molar-refractivity contribution >= 4 is 17.1 Å². The number of aliphatic hydroxyl groups is 1. The number of likely N-dealkylation sites (tertiary alicyclic amines) is 1. The molecule has 1 atom stereocenters. The normalized spacial score (nSPS) is 14.3. The third kappa shape index (κ3) is 9.45. The molecule has 1 aliphatic heterocycles. The first-order chi connectivity index (χ1) is 26.8. The molecule has 0 radical (unpaired) electrons. The lowest BCUT2D eigenvalue weighted by Crippen LogP contribution is -2.24. The minimum Gasteiger partial charge on any atom is -0.493 e. The Kier molecular flexibility index (Phi) is 12.3. The summed E-state index contributed by atoms with van der Waals surface area (Å²) in [5, 5.41) is 27.8. The second-order valence-corrected chi connectivity index (χ2v) is 14.3. The van der Waals surface area contributed by atoms with E-state index >= 15 is 0 Å². The second-order valence-electron chi connectivity index (χ2n) is 13.9. The number of aliphatic hydroxyl groups excluding tert-OH is 1. The summed E-state index contributed by atoms with van der Waals surface area (Å²) in [5.41, 5.74) is 9.52. The third-order valence-electron chi connectivity index (χ3n) is 10.0. The number of pyridine rings is 2. The first-order valence-electron chi connectivity index (χ1n) is 18.6. The van der Waals surface area contributed by atoms with Gasteiger partial charge in [-0.25, -0.2) is 4.52 Å². The maximum atomic E-state index is 9.81. The third-order valence-corrected chi connectivity index (χ3v) is 10.3. The van der Waals surface area contributed by atoms with E-state index in [0.29, 0.717) is 48.4 Å². The van der Waals surface area contributed by atoms with Crippen molar-refractivity contribution in [2.75, 3.05) is 26.2 Å². The summed E-state index contributed by atoms with van der Waals surface area (Å²) < 4.78 is 20.9. The molecule has 6 aromatic rings. The molecule has 282 valence electrons. The van der Waals surface area contributed by atoms with Crippen LogP contribution < -0.4 is 19.5 Å². The summed E-state index contributed by atoms with van der Waals surface area (Å²) in [7, 11) is 0. The van der Waals surface area contributed by atoms with Crippen LogP contribution in [0.15, 0.2) is 97.5 Å². The number of halogens is 1. The van der Waals surface area contributed by atoms with Crippen molar-refractivity contribution in [1.82, 2.24) is 24.8 Å². The van der Waals surface area contributed by atoms with Gasteiger partial charge in [-0.05, 0) is 90.9 Å². The summed E-state index contributed by atoms with van der Waals surface area (Å²) in [6.45, 7) is 9.01.